The van der Waals surface area contributed by atoms with Crippen LogP contribution >= 0.6 is 0 Å². The van der Waals surface area contributed by atoms with E-state index in [1.807, 2.05) is 18.2 Å². The molecule has 1 aliphatic rings. The molecular formula is C18H25F3N4. The molecule has 25 heavy (non-hydrogen) atoms. The van der Waals surface area contributed by atoms with Crippen molar-refractivity contribution in [2.24, 2.45) is 5.92 Å². The van der Waals surface area contributed by atoms with E-state index in [0.29, 0.717) is 19.6 Å². The first-order chi connectivity index (χ1) is 12.0. The Morgan fingerprint density at radius 3 is 2.84 bits per heavy atom. The number of hydrogen-bond acceptors (Lipinski definition) is 3. The van der Waals surface area contributed by atoms with E-state index in [4.69, 9.17) is 4.98 Å². The van der Waals surface area contributed by atoms with Gasteiger partial charge >= 0.3 is 6.18 Å². The number of halogens is 3. The van der Waals surface area contributed by atoms with Gasteiger partial charge in [0.1, 0.15) is 5.82 Å². The van der Waals surface area contributed by atoms with E-state index in [0.717, 1.165) is 42.8 Å². The fourth-order valence-electron chi connectivity index (χ4n) is 3.60. The first-order valence-corrected chi connectivity index (χ1v) is 8.90. The molecule has 4 nitrogen and oxygen atoms in total. The highest BCUT2D eigenvalue weighted by atomic mass is 19.4. The number of benzene rings is 1. The van der Waals surface area contributed by atoms with Crippen LogP contribution in [0, 0.1) is 5.92 Å². The van der Waals surface area contributed by atoms with Gasteiger partial charge in [-0.25, -0.2) is 4.98 Å². The molecule has 0 amide bonds. The minimum atomic E-state index is -4.10. The number of aryl methyl sites for hydroxylation is 1. The van der Waals surface area contributed by atoms with Crippen molar-refractivity contribution < 1.29 is 13.2 Å². The van der Waals surface area contributed by atoms with Crippen molar-refractivity contribution in [3.63, 3.8) is 0 Å². The standard InChI is InChI=1S/C18H25F3N4/c1-2-8-25-16-6-4-3-5-15(16)23-17(25)11-22-10-14-7-9-24(12-14)13-18(19,20)21/h3-6,14,22H,2,7-13H2,1H3/t14-/m1/s1. The Balaban J connectivity index is 1.54. The smallest absolute Gasteiger partial charge is 0.327 e. The summed E-state index contributed by atoms with van der Waals surface area (Å²) in [5, 5.41) is 3.40. The SMILES string of the molecule is CCCn1c(CNC[C@H]2CCN(CC(F)(F)F)C2)nc2ccccc21. The predicted molar refractivity (Wildman–Crippen MR) is 92.3 cm³/mol. The highest BCUT2D eigenvalue weighted by molar-refractivity contribution is 5.75. The van der Waals surface area contributed by atoms with Gasteiger partial charge in [0.15, 0.2) is 0 Å². The molecule has 1 aromatic carbocycles. The minimum absolute atomic E-state index is 0.270. The second-order valence-electron chi connectivity index (χ2n) is 6.80. The van der Waals surface area contributed by atoms with Crippen LogP contribution in [0.5, 0.6) is 0 Å². The van der Waals surface area contributed by atoms with Crippen LogP contribution in [0.3, 0.4) is 0 Å². The minimum Gasteiger partial charge on any atom is -0.327 e. The third-order valence-corrected chi connectivity index (χ3v) is 4.67. The first-order valence-electron chi connectivity index (χ1n) is 8.90. The van der Waals surface area contributed by atoms with Crippen LogP contribution in [0.1, 0.15) is 25.6 Å². The Bertz CT molecular complexity index is 695. The van der Waals surface area contributed by atoms with Crippen molar-refractivity contribution >= 4 is 11.0 Å². The molecule has 3 rings (SSSR count). The number of fused-ring (bicyclic) bond motifs is 1. The Kier molecular flexibility index (Phi) is 5.64. The van der Waals surface area contributed by atoms with Crippen molar-refractivity contribution in [2.75, 3.05) is 26.2 Å². The molecular weight excluding hydrogens is 329 g/mol. The summed E-state index contributed by atoms with van der Waals surface area (Å²) in [5.41, 5.74) is 2.13. The molecule has 0 unspecified atom stereocenters. The fourth-order valence-corrected chi connectivity index (χ4v) is 3.60. The number of aromatic nitrogens is 2. The van der Waals surface area contributed by atoms with Gasteiger partial charge in [-0.15, -0.1) is 0 Å². The third kappa shape index (κ3) is 4.73. The van der Waals surface area contributed by atoms with E-state index in [2.05, 4.69) is 22.9 Å². The number of imidazole rings is 1. The number of rotatable bonds is 7. The van der Waals surface area contributed by atoms with E-state index < -0.39 is 12.7 Å². The average Bonchev–Trinajstić information content (AvgIpc) is 3.11. The number of nitrogens with zero attached hydrogens (tertiary/aromatic N) is 3. The van der Waals surface area contributed by atoms with E-state index in [1.54, 1.807) is 0 Å². The van der Waals surface area contributed by atoms with E-state index in [1.165, 1.54) is 4.90 Å². The zero-order chi connectivity index (χ0) is 17.9. The van der Waals surface area contributed by atoms with Crippen LogP contribution < -0.4 is 5.32 Å². The van der Waals surface area contributed by atoms with Gasteiger partial charge < -0.3 is 9.88 Å². The van der Waals surface area contributed by atoms with Gasteiger partial charge in [0, 0.05) is 13.1 Å². The molecule has 0 radical (unpaired) electrons. The lowest BCUT2D eigenvalue weighted by molar-refractivity contribution is -0.143. The molecule has 1 N–H and O–H groups in total. The molecule has 1 aliphatic heterocycles. The largest absolute Gasteiger partial charge is 0.401 e. The topological polar surface area (TPSA) is 33.1 Å². The van der Waals surface area contributed by atoms with E-state index >= 15 is 0 Å². The second kappa shape index (κ2) is 7.74. The molecule has 1 atom stereocenters. The molecule has 1 aromatic heterocycles. The second-order valence-corrected chi connectivity index (χ2v) is 6.80. The van der Waals surface area contributed by atoms with Crippen molar-refractivity contribution in [3.05, 3.63) is 30.1 Å². The van der Waals surface area contributed by atoms with Crippen molar-refractivity contribution in [3.8, 4) is 0 Å². The zero-order valence-electron chi connectivity index (χ0n) is 14.5. The van der Waals surface area contributed by atoms with Gasteiger partial charge in [-0.05, 0) is 44.0 Å². The van der Waals surface area contributed by atoms with Crippen LogP contribution in [0.15, 0.2) is 24.3 Å². The molecule has 0 spiro atoms. The summed E-state index contributed by atoms with van der Waals surface area (Å²) in [7, 11) is 0. The molecule has 0 aliphatic carbocycles. The zero-order valence-corrected chi connectivity index (χ0v) is 14.5. The summed E-state index contributed by atoms with van der Waals surface area (Å²) in [4.78, 5) is 6.20. The predicted octanol–water partition coefficient (Wildman–Crippen LogP) is 3.42. The number of nitrogens with one attached hydrogen (secondary N) is 1. The molecule has 0 bridgehead atoms. The molecule has 2 heterocycles. The van der Waals surface area contributed by atoms with Crippen LogP contribution in [-0.4, -0.2) is 46.8 Å². The molecule has 1 fully saturated rings. The summed E-state index contributed by atoms with van der Waals surface area (Å²) in [6.07, 6.45) is -2.26. The monoisotopic (exact) mass is 354 g/mol. The maximum Gasteiger partial charge on any atom is 0.401 e. The van der Waals surface area contributed by atoms with Crippen LogP contribution in [0.4, 0.5) is 13.2 Å². The summed E-state index contributed by atoms with van der Waals surface area (Å²) >= 11 is 0. The van der Waals surface area contributed by atoms with E-state index in [9.17, 15) is 13.2 Å². The molecule has 0 saturated carbocycles. The maximum atomic E-state index is 12.5. The number of likely N-dealkylation sites (tertiary alicyclic amines) is 1. The molecule has 1 saturated heterocycles. The summed E-state index contributed by atoms with van der Waals surface area (Å²) < 4.78 is 39.6. The highest BCUT2D eigenvalue weighted by Gasteiger charge is 2.34. The Morgan fingerprint density at radius 1 is 1.28 bits per heavy atom. The normalized spacial score (nSPS) is 19.1. The number of hydrogen-bond donors (Lipinski definition) is 1. The van der Waals surface area contributed by atoms with E-state index in [-0.39, 0.29) is 5.92 Å². The first kappa shape index (κ1) is 18.2. The highest BCUT2D eigenvalue weighted by Crippen LogP contribution is 2.22. The van der Waals surface area contributed by atoms with Gasteiger partial charge in [0.2, 0.25) is 0 Å². The van der Waals surface area contributed by atoms with Gasteiger partial charge in [0.25, 0.3) is 0 Å². The Hall–Kier alpha value is -1.60. The lowest BCUT2D eigenvalue weighted by Gasteiger charge is -2.18. The van der Waals surface area contributed by atoms with Gasteiger partial charge in [-0.2, -0.15) is 13.2 Å². The lowest BCUT2D eigenvalue weighted by atomic mass is 10.1. The number of alkyl halides is 3. The van der Waals surface area contributed by atoms with Crippen LogP contribution in [0.25, 0.3) is 11.0 Å². The quantitative estimate of drug-likeness (QED) is 0.827. The summed E-state index contributed by atoms with van der Waals surface area (Å²) in [6, 6.07) is 8.09. The van der Waals surface area contributed by atoms with Gasteiger partial charge in [-0.3, -0.25) is 4.90 Å². The molecule has 138 valence electrons. The number of para-hydroxylation sites is 2. The summed E-state index contributed by atoms with van der Waals surface area (Å²) in [5.74, 6) is 1.26. The lowest BCUT2D eigenvalue weighted by Crippen LogP contribution is -2.33. The van der Waals surface area contributed by atoms with Crippen molar-refractivity contribution in [1.82, 2.24) is 19.8 Å². The van der Waals surface area contributed by atoms with Crippen molar-refractivity contribution in [2.45, 2.75) is 39.0 Å². The molecule has 7 heteroatoms. The average molecular weight is 354 g/mol. The fraction of sp³-hybridized carbons (Fsp3) is 0.611. The van der Waals surface area contributed by atoms with Crippen molar-refractivity contribution in [1.29, 1.82) is 0 Å². The van der Waals surface area contributed by atoms with Crippen LogP contribution in [-0.2, 0) is 13.1 Å². The molecule has 2 aromatic rings. The third-order valence-electron chi connectivity index (χ3n) is 4.67. The summed E-state index contributed by atoms with van der Waals surface area (Å²) in [6.45, 7) is 4.67. The van der Waals surface area contributed by atoms with Gasteiger partial charge in [0.05, 0.1) is 24.1 Å². The maximum absolute atomic E-state index is 12.5. The Morgan fingerprint density at radius 2 is 2.08 bits per heavy atom. The van der Waals surface area contributed by atoms with Gasteiger partial charge in [-0.1, -0.05) is 19.1 Å². The van der Waals surface area contributed by atoms with Crippen LogP contribution in [0.2, 0.25) is 0 Å². The Labute approximate surface area is 146 Å².